The summed E-state index contributed by atoms with van der Waals surface area (Å²) in [6.45, 7) is 0. The van der Waals surface area contributed by atoms with Crippen molar-refractivity contribution in [2.75, 3.05) is 0 Å². The quantitative estimate of drug-likeness (QED) is 0.740. The van der Waals surface area contributed by atoms with Gasteiger partial charge in [-0.05, 0) is 12.1 Å². The first-order valence-electron chi connectivity index (χ1n) is 4.15. The highest BCUT2D eigenvalue weighted by Crippen LogP contribution is 2.23. The van der Waals surface area contributed by atoms with Gasteiger partial charge in [0.25, 0.3) is 0 Å². The average Bonchev–Trinajstić information content (AvgIpc) is 2.70. The van der Waals surface area contributed by atoms with E-state index in [0.29, 0.717) is 15.2 Å². The minimum atomic E-state index is 0.586. The topological polar surface area (TPSA) is 25.2 Å². The minimum absolute atomic E-state index is 0.586. The summed E-state index contributed by atoms with van der Waals surface area (Å²) in [7, 11) is 0. The molecule has 2 nitrogen and oxygen atoms in total. The van der Waals surface area contributed by atoms with Gasteiger partial charge >= 0.3 is 0 Å². The molecule has 0 bridgehead atoms. The van der Waals surface area contributed by atoms with Crippen LogP contribution in [0.25, 0.3) is 0 Å². The van der Waals surface area contributed by atoms with Gasteiger partial charge in [0.15, 0.2) is 0 Å². The maximum Gasteiger partial charge on any atom is 0.209 e. The summed E-state index contributed by atoms with van der Waals surface area (Å²) in [4.78, 5) is 8.20. The molecule has 0 saturated heterocycles. The van der Waals surface area contributed by atoms with Crippen LogP contribution in [0.1, 0.15) is 5.56 Å². The molecule has 15 heavy (non-hydrogen) atoms. The van der Waals surface area contributed by atoms with Crippen LogP contribution in [0, 0.1) is 0 Å². The van der Waals surface area contributed by atoms with E-state index in [1.165, 1.54) is 11.3 Å². The highest BCUT2D eigenvalue weighted by molar-refractivity contribution is 7.13. The van der Waals surface area contributed by atoms with E-state index in [0.717, 1.165) is 5.56 Å². The van der Waals surface area contributed by atoms with Crippen molar-refractivity contribution in [2.45, 2.75) is 0 Å². The maximum absolute atomic E-state index is 5.98. The summed E-state index contributed by atoms with van der Waals surface area (Å²) in [5.74, 6) is 0. The summed E-state index contributed by atoms with van der Waals surface area (Å²) < 4.78 is 0. The van der Waals surface area contributed by atoms with Crippen molar-refractivity contribution in [3.05, 3.63) is 45.4 Å². The number of aliphatic imine (C=N–C) groups is 1. The number of nitrogens with zero attached hydrogens (tertiary/aromatic N) is 2. The van der Waals surface area contributed by atoms with Crippen LogP contribution in [-0.4, -0.2) is 11.2 Å². The molecule has 1 aromatic heterocycles. The van der Waals surface area contributed by atoms with Crippen LogP contribution in [0.15, 0.2) is 34.8 Å². The molecule has 0 aliphatic heterocycles. The Hall–Kier alpha value is -0.900. The maximum atomic E-state index is 5.98. The lowest BCUT2D eigenvalue weighted by Crippen LogP contribution is -1.84. The van der Waals surface area contributed by atoms with Crippen molar-refractivity contribution in [1.29, 1.82) is 0 Å². The third-order valence-electron chi connectivity index (χ3n) is 1.72. The molecule has 0 N–H and O–H groups in total. The zero-order chi connectivity index (χ0) is 10.7. The van der Waals surface area contributed by atoms with Gasteiger partial charge in [0, 0.05) is 23.4 Å². The molecular formula is C10H6Cl2N2S. The van der Waals surface area contributed by atoms with E-state index in [9.17, 15) is 0 Å². The standard InChI is InChI=1S/C10H6Cl2N2S/c11-8-2-1-3-9(12)7(8)6-14-10-13-4-5-15-10/h1-6H/b14-6-. The number of rotatable bonds is 2. The van der Waals surface area contributed by atoms with Crippen molar-refractivity contribution in [2.24, 2.45) is 4.99 Å². The highest BCUT2D eigenvalue weighted by Gasteiger charge is 2.01. The molecule has 0 spiro atoms. The highest BCUT2D eigenvalue weighted by atomic mass is 35.5. The lowest BCUT2D eigenvalue weighted by molar-refractivity contribution is 1.36. The molecule has 2 rings (SSSR count). The number of benzene rings is 1. The number of halogens is 2. The molecule has 1 aromatic carbocycles. The van der Waals surface area contributed by atoms with E-state index in [1.807, 2.05) is 5.38 Å². The van der Waals surface area contributed by atoms with Crippen LogP contribution in [-0.2, 0) is 0 Å². The van der Waals surface area contributed by atoms with E-state index in [1.54, 1.807) is 30.6 Å². The predicted molar refractivity (Wildman–Crippen MR) is 65.8 cm³/mol. The second-order valence-electron chi connectivity index (χ2n) is 2.71. The average molecular weight is 257 g/mol. The number of aromatic nitrogens is 1. The van der Waals surface area contributed by atoms with Crippen LogP contribution < -0.4 is 0 Å². The Morgan fingerprint density at radius 1 is 1.27 bits per heavy atom. The summed E-state index contributed by atoms with van der Waals surface area (Å²) in [5, 5.41) is 3.72. The van der Waals surface area contributed by atoms with Crippen LogP contribution in [0.3, 0.4) is 0 Å². The Morgan fingerprint density at radius 3 is 2.60 bits per heavy atom. The van der Waals surface area contributed by atoms with Crippen LogP contribution in [0.4, 0.5) is 5.13 Å². The van der Waals surface area contributed by atoms with Crippen LogP contribution in [0.5, 0.6) is 0 Å². The fourth-order valence-corrected chi connectivity index (χ4v) is 2.01. The summed E-state index contributed by atoms with van der Waals surface area (Å²) in [6.07, 6.45) is 3.33. The molecule has 0 saturated carbocycles. The third-order valence-corrected chi connectivity index (χ3v) is 3.06. The van der Waals surface area contributed by atoms with Crippen molar-refractivity contribution < 1.29 is 0 Å². The van der Waals surface area contributed by atoms with Gasteiger partial charge in [-0.1, -0.05) is 29.3 Å². The van der Waals surface area contributed by atoms with Crippen molar-refractivity contribution in [1.82, 2.24) is 4.98 Å². The van der Waals surface area contributed by atoms with Crippen LogP contribution in [0.2, 0.25) is 10.0 Å². The monoisotopic (exact) mass is 256 g/mol. The third kappa shape index (κ3) is 2.56. The van der Waals surface area contributed by atoms with Gasteiger partial charge < -0.3 is 0 Å². The first kappa shape index (κ1) is 10.6. The van der Waals surface area contributed by atoms with E-state index in [-0.39, 0.29) is 0 Å². The lowest BCUT2D eigenvalue weighted by Gasteiger charge is -1.98. The molecule has 0 aliphatic rings. The first-order chi connectivity index (χ1) is 7.27. The van der Waals surface area contributed by atoms with E-state index < -0.39 is 0 Å². The van der Waals surface area contributed by atoms with Crippen molar-refractivity contribution >= 4 is 45.9 Å². The van der Waals surface area contributed by atoms with E-state index in [2.05, 4.69) is 9.98 Å². The normalized spacial score (nSPS) is 11.1. The van der Waals surface area contributed by atoms with E-state index in [4.69, 9.17) is 23.2 Å². The molecule has 0 amide bonds. The van der Waals surface area contributed by atoms with Gasteiger partial charge in [0.05, 0.1) is 10.0 Å². The molecule has 0 aliphatic carbocycles. The fourth-order valence-electron chi connectivity index (χ4n) is 1.03. The van der Waals surface area contributed by atoms with Gasteiger partial charge in [-0.2, -0.15) is 0 Å². The number of thiazole rings is 1. The minimum Gasteiger partial charge on any atom is -0.227 e. The van der Waals surface area contributed by atoms with Crippen molar-refractivity contribution in [3.8, 4) is 0 Å². The van der Waals surface area contributed by atoms with Crippen molar-refractivity contribution in [3.63, 3.8) is 0 Å². The van der Waals surface area contributed by atoms with Gasteiger partial charge in [-0.25, -0.2) is 9.98 Å². The second-order valence-corrected chi connectivity index (χ2v) is 4.40. The van der Waals surface area contributed by atoms with Crippen LogP contribution >= 0.6 is 34.5 Å². The number of hydrogen-bond acceptors (Lipinski definition) is 3. The molecular weight excluding hydrogens is 251 g/mol. The lowest BCUT2D eigenvalue weighted by atomic mass is 10.2. The Labute approximate surface area is 101 Å². The predicted octanol–water partition coefficient (Wildman–Crippen LogP) is 4.20. The summed E-state index contributed by atoms with van der Waals surface area (Å²) in [5.41, 5.74) is 0.719. The molecule has 1 heterocycles. The molecule has 0 radical (unpaired) electrons. The summed E-state index contributed by atoms with van der Waals surface area (Å²) >= 11 is 13.4. The largest absolute Gasteiger partial charge is 0.227 e. The molecule has 76 valence electrons. The SMILES string of the molecule is Clc1cccc(Cl)c1/C=N\c1nccs1. The molecule has 0 fully saturated rings. The first-order valence-corrected chi connectivity index (χ1v) is 5.78. The zero-order valence-corrected chi connectivity index (χ0v) is 9.85. The van der Waals surface area contributed by atoms with Gasteiger partial charge in [-0.3, -0.25) is 0 Å². The smallest absolute Gasteiger partial charge is 0.209 e. The van der Waals surface area contributed by atoms with Gasteiger partial charge in [0.1, 0.15) is 0 Å². The fraction of sp³-hybridized carbons (Fsp3) is 0. The Kier molecular flexibility index (Phi) is 3.36. The van der Waals surface area contributed by atoms with Gasteiger partial charge in [0.2, 0.25) is 5.13 Å². The zero-order valence-electron chi connectivity index (χ0n) is 7.52. The summed E-state index contributed by atoms with van der Waals surface area (Å²) in [6, 6.07) is 5.35. The Bertz CT molecular complexity index is 460. The number of hydrogen-bond donors (Lipinski definition) is 0. The molecule has 5 heteroatoms. The van der Waals surface area contributed by atoms with E-state index >= 15 is 0 Å². The Morgan fingerprint density at radius 2 is 2.00 bits per heavy atom. The molecule has 0 atom stereocenters. The molecule has 0 unspecified atom stereocenters. The van der Waals surface area contributed by atoms with Gasteiger partial charge in [-0.15, -0.1) is 11.3 Å². The molecule has 2 aromatic rings. The second kappa shape index (κ2) is 4.75. The Balaban J connectivity index is 2.32.